The molecule has 1 aromatic heterocycles. The molecule has 0 aliphatic carbocycles. The zero-order valence-electron chi connectivity index (χ0n) is 17.7. The predicted molar refractivity (Wildman–Crippen MR) is 106 cm³/mol. The monoisotopic (exact) mass is 470 g/mol. The summed E-state index contributed by atoms with van der Waals surface area (Å²) in [6, 6.07) is 7.67. The molecular formula is C22H22F4N2O5. The van der Waals surface area contributed by atoms with Crippen molar-refractivity contribution in [3.8, 4) is 11.5 Å². The summed E-state index contributed by atoms with van der Waals surface area (Å²) in [7, 11) is 1.21. The summed E-state index contributed by atoms with van der Waals surface area (Å²) in [5.41, 5.74) is -0.0681. The Kier molecular flexibility index (Phi) is 6.44. The lowest BCUT2D eigenvalue weighted by atomic mass is 9.85. The van der Waals surface area contributed by atoms with Gasteiger partial charge in [-0.2, -0.15) is 13.2 Å². The molecule has 0 radical (unpaired) electrons. The van der Waals surface area contributed by atoms with Crippen molar-refractivity contribution >= 4 is 5.91 Å². The van der Waals surface area contributed by atoms with Gasteiger partial charge in [-0.25, -0.2) is 4.39 Å². The first-order valence-electron chi connectivity index (χ1n) is 10.3. The number of halogens is 4. The van der Waals surface area contributed by atoms with Gasteiger partial charge in [0.05, 0.1) is 32.4 Å². The van der Waals surface area contributed by atoms with Gasteiger partial charge in [0.2, 0.25) is 0 Å². The highest BCUT2D eigenvalue weighted by molar-refractivity contribution is 5.95. The van der Waals surface area contributed by atoms with Crippen molar-refractivity contribution in [1.82, 2.24) is 9.88 Å². The fourth-order valence-corrected chi connectivity index (χ4v) is 4.07. The summed E-state index contributed by atoms with van der Waals surface area (Å²) in [5, 5.41) is 0. The number of likely N-dealkylation sites (tertiary alicyclic amines) is 1. The fraction of sp³-hybridized carbons (Fsp3) is 0.455. The number of methoxy groups -OCH3 is 1. The van der Waals surface area contributed by atoms with Crippen LogP contribution in [0.15, 0.2) is 36.5 Å². The van der Waals surface area contributed by atoms with Crippen molar-refractivity contribution in [1.29, 1.82) is 0 Å². The highest BCUT2D eigenvalue weighted by Crippen LogP contribution is 2.42. The number of carbonyl (C=O) groups excluding carboxylic acids is 1. The number of rotatable bonds is 6. The van der Waals surface area contributed by atoms with E-state index in [1.807, 2.05) is 12.1 Å². The van der Waals surface area contributed by atoms with Gasteiger partial charge in [0.15, 0.2) is 17.3 Å². The van der Waals surface area contributed by atoms with Crippen molar-refractivity contribution in [3.63, 3.8) is 0 Å². The molecule has 1 amide bonds. The molecule has 2 fully saturated rings. The summed E-state index contributed by atoms with van der Waals surface area (Å²) >= 11 is 0. The maximum absolute atomic E-state index is 14.6. The molecule has 2 aliphatic rings. The lowest BCUT2D eigenvalue weighted by molar-refractivity contribution is -0.139. The van der Waals surface area contributed by atoms with Crippen LogP contribution < -0.4 is 9.47 Å². The van der Waals surface area contributed by atoms with Crippen LogP contribution in [-0.2, 0) is 15.1 Å². The Bertz CT molecular complexity index is 1000. The number of hydrogen-bond donors (Lipinski definition) is 0. The van der Waals surface area contributed by atoms with Crippen LogP contribution in [0.4, 0.5) is 17.6 Å². The van der Waals surface area contributed by atoms with Crippen LogP contribution in [0.25, 0.3) is 0 Å². The molecular weight excluding hydrogens is 448 g/mol. The Balaban J connectivity index is 1.50. The zero-order chi connectivity index (χ0) is 23.6. The molecule has 11 heteroatoms. The summed E-state index contributed by atoms with van der Waals surface area (Å²) in [4.78, 5) is 19.0. The number of benzene rings is 1. The third kappa shape index (κ3) is 4.74. The molecule has 7 nitrogen and oxygen atoms in total. The molecule has 178 valence electrons. The summed E-state index contributed by atoms with van der Waals surface area (Å²) in [6.45, 7) is -0.202. The predicted octanol–water partition coefficient (Wildman–Crippen LogP) is 3.67. The van der Waals surface area contributed by atoms with E-state index in [1.165, 1.54) is 18.1 Å². The molecule has 0 bridgehead atoms. The Morgan fingerprint density at radius 3 is 2.85 bits per heavy atom. The van der Waals surface area contributed by atoms with Crippen molar-refractivity contribution in [2.24, 2.45) is 0 Å². The van der Waals surface area contributed by atoms with E-state index in [0.29, 0.717) is 18.7 Å². The maximum atomic E-state index is 14.6. The van der Waals surface area contributed by atoms with Crippen LogP contribution in [0.3, 0.4) is 0 Å². The van der Waals surface area contributed by atoms with E-state index in [4.69, 9.17) is 18.9 Å². The Morgan fingerprint density at radius 2 is 2.15 bits per heavy atom. The van der Waals surface area contributed by atoms with Crippen molar-refractivity contribution < 1.29 is 41.3 Å². The second kappa shape index (κ2) is 9.14. The molecule has 2 saturated heterocycles. The minimum atomic E-state index is -4.44. The van der Waals surface area contributed by atoms with Gasteiger partial charge in [-0.05, 0) is 24.3 Å². The molecule has 33 heavy (non-hydrogen) atoms. The van der Waals surface area contributed by atoms with E-state index >= 15 is 0 Å². The Morgan fingerprint density at radius 1 is 1.33 bits per heavy atom. The third-order valence-corrected chi connectivity index (χ3v) is 5.74. The van der Waals surface area contributed by atoms with Crippen molar-refractivity contribution in [3.05, 3.63) is 53.6 Å². The number of hydrogen-bond acceptors (Lipinski definition) is 6. The lowest BCUT2D eigenvalue weighted by Gasteiger charge is -2.41. The normalized spacial score (nSPS) is 22.7. The quantitative estimate of drug-likeness (QED) is 0.600. The highest BCUT2D eigenvalue weighted by atomic mass is 19.4. The number of aromatic nitrogens is 1. The Hall–Kier alpha value is -2.92. The van der Waals surface area contributed by atoms with Gasteiger partial charge in [0.1, 0.15) is 18.5 Å². The first-order valence-corrected chi connectivity index (χ1v) is 10.3. The molecule has 2 aliphatic heterocycles. The smallest absolute Gasteiger partial charge is 0.392 e. The molecule has 1 aromatic carbocycles. The molecule has 3 heterocycles. The molecule has 2 aromatic rings. The van der Waals surface area contributed by atoms with Gasteiger partial charge in [-0.3, -0.25) is 9.78 Å². The highest BCUT2D eigenvalue weighted by Gasteiger charge is 2.52. The first-order chi connectivity index (χ1) is 15.7. The van der Waals surface area contributed by atoms with Gasteiger partial charge in [-0.1, -0.05) is 6.07 Å². The summed E-state index contributed by atoms with van der Waals surface area (Å²) in [6.07, 6.45) is -4.05. The maximum Gasteiger partial charge on any atom is 0.392 e. The largest absolute Gasteiger partial charge is 0.493 e. The average Bonchev–Trinajstić information content (AvgIpc) is 3.23. The number of piperidine rings is 1. The second-order valence-corrected chi connectivity index (χ2v) is 7.73. The van der Waals surface area contributed by atoms with E-state index in [0.717, 1.165) is 6.07 Å². The van der Waals surface area contributed by atoms with Crippen molar-refractivity contribution in [2.75, 3.05) is 33.6 Å². The minimum absolute atomic E-state index is 0.0169. The van der Waals surface area contributed by atoms with Gasteiger partial charge in [-0.15, -0.1) is 0 Å². The van der Waals surface area contributed by atoms with Gasteiger partial charge in [0.25, 0.3) is 5.91 Å². The Labute approximate surface area is 187 Å². The standard InChI is InChI=1S/C22H22F4N2O5/c1-30-16-11-14(10-15(23)19(16)31-9-6-22(24,25)26)20(29)28-8-5-21(17-4-2-3-7-27-17)18(12-28)32-13-33-21/h2-4,7,10-11,18H,5-6,8-9,12-13H2,1H3. The lowest BCUT2D eigenvalue weighted by Crippen LogP contribution is -2.53. The number of pyridine rings is 1. The van der Waals surface area contributed by atoms with Crippen LogP contribution in [-0.4, -0.2) is 61.7 Å². The molecule has 4 rings (SSSR count). The number of amides is 1. The molecule has 0 N–H and O–H groups in total. The topological polar surface area (TPSA) is 70.1 Å². The third-order valence-electron chi connectivity index (χ3n) is 5.74. The van der Waals surface area contributed by atoms with Crippen LogP contribution in [0.2, 0.25) is 0 Å². The average molecular weight is 470 g/mol. The van der Waals surface area contributed by atoms with Crippen LogP contribution in [0.5, 0.6) is 11.5 Å². The first kappa shape index (κ1) is 23.2. The molecule has 0 saturated carbocycles. The number of fused-ring (bicyclic) bond motifs is 1. The second-order valence-electron chi connectivity index (χ2n) is 7.73. The zero-order valence-corrected chi connectivity index (χ0v) is 17.7. The van der Waals surface area contributed by atoms with Crippen molar-refractivity contribution in [2.45, 2.75) is 30.7 Å². The number of ether oxygens (including phenoxy) is 4. The minimum Gasteiger partial charge on any atom is -0.493 e. The van der Waals surface area contributed by atoms with Crippen LogP contribution >= 0.6 is 0 Å². The summed E-state index contributed by atoms with van der Waals surface area (Å²) in [5.74, 6) is -2.10. The van der Waals surface area contributed by atoms with Gasteiger partial charge >= 0.3 is 6.18 Å². The van der Waals surface area contributed by atoms with Crippen LogP contribution in [0.1, 0.15) is 28.9 Å². The van der Waals surface area contributed by atoms with Gasteiger partial charge < -0.3 is 23.8 Å². The van der Waals surface area contributed by atoms with Gasteiger partial charge in [0, 0.05) is 24.7 Å². The SMILES string of the molecule is COc1cc(C(=O)N2CCC3(c4ccccn4)OCOC3C2)cc(F)c1OCCC(F)(F)F. The van der Waals surface area contributed by atoms with E-state index in [1.54, 1.807) is 12.3 Å². The molecule has 2 atom stereocenters. The van der Waals surface area contributed by atoms with Crippen LogP contribution in [0, 0.1) is 5.82 Å². The van der Waals surface area contributed by atoms with E-state index < -0.39 is 48.4 Å². The number of alkyl halides is 3. The van der Waals surface area contributed by atoms with E-state index in [-0.39, 0.29) is 24.7 Å². The van der Waals surface area contributed by atoms with E-state index in [2.05, 4.69) is 4.98 Å². The number of nitrogens with zero attached hydrogens (tertiary/aromatic N) is 2. The fourth-order valence-electron chi connectivity index (χ4n) is 4.07. The van der Waals surface area contributed by atoms with E-state index in [9.17, 15) is 22.4 Å². The number of carbonyl (C=O) groups is 1. The summed E-state index contributed by atoms with van der Waals surface area (Å²) < 4.78 is 73.4. The molecule has 0 spiro atoms. The molecule has 2 unspecified atom stereocenters.